The van der Waals surface area contributed by atoms with Crippen molar-refractivity contribution >= 4 is 11.8 Å². The van der Waals surface area contributed by atoms with Crippen LogP contribution in [-0.2, 0) is 23.1 Å². The van der Waals surface area contributed by atoms with Gasteiger partial charge in [0.05, 0.1) is 23.7 Å². The van der Waals surface area contributed by atoms with E-state index >= 15 is 0 Å². The Bertz CT molecular complexity index is 1400. The van der Waals surface area contributed by atoms with E-state index in [-0.39, 0.29) is 35.7 Å². The van der Waals surface area contributed by atoms with Crippen molar-refractivity contribution in [3.8, 4) is 0 Å². The number of nitrogens with two attached hydrogens (primary N) is 1. The third kappa shape index (κ3) is 10.1. The zero-order valence-electron chi connectivity index (χ0n) is 31.4. The van der Waals surface area contributed by atoms with Crippen LogP contribution in [0.4, 0.5) is 5.82 Å². The van der Waals surface area contributed by atoms with Crippen molar-refractivity contribution < 1.29 is 25.2 Å². The van der Waals surface area contributed by atoms with E-state index in [2.05, 4.69) is 54.3 Å². The highest BCUT2D eigenvalue weighted by molar-refractivity contribution is 5.70. The van der Waals surface area contributed by atoms with Crippen LogP contribution in [0.5, 0.6) is 0 Å². The number of allylic oxidation sites excluding steroid dienone is 1. The van der Waals surface area contributed by atoms with Crippen molar-refractivity contribution in [1.29, 1.82) is 0 Å². The fourth-order valence-corrected chi connectivity index (χ4v) is 10.2. The third-order valence-electron chi connectivity index (χ3n) is 13.3. The molecule has 2 aromatic rings. The molecule has 0 unspecified atom stereocenters. The average Bonchev–Trinajstić information content (AvgIpc) is 3.86. The monoisotopic (exact) mass is 706 g/mol. The van der Waals surface area contributed by atoms with Crippen molar-refractivity contribution in [2.75, 3.05) is 5.73 Å². The smallest absolute Gasteiger partial charge is 0.309 e. The van der Waals surface area contributed by atoms with E-state index in [0.717, 1.165) is 89.2 Å². The number of carboxylic acids is 1. The maximum Gasteiger partial charge on any atom is 0.309 e. The first kappa shape index (κ1) is 39.5. The number of nitrogens with one attached hydrogen (secondary N) is 1. The molecule has 2 heterocycles. The van der Waals surface area contributed by atoms with Gasteiger partial charge < -0.3 is 31.1 Å². The number of hydrogen-bond acceptors (Lipinski definition) is 6. The predicted molar refractivity (Wildman–Crippen MR) is 204 cm³/mol. The number of pyridine rings is 1. The molecule has 0 saturated heterocycles. The summed E-state index contributed by atoms with van der Waals surface area (Å²) in [5, 5.41) is 44.7. The molecule has 2 fully saturated rings. The number of anilines is 1. The van der Waals surface area contributed by atoms with Crippen molar-refractivity contribution in [3.63, 3.8) is 0 Å². The molecule has 5 rings (SSSR count). The van der Waals surface area contributed by atoms with Crippen molar-refractivity contribution in [3.05, 3.63) is 59.6 Å². The van der Waals surface area contributed by atoms with E-state index in [0.29, 0.717) is 31.0 Å². The quantitative estimate of drug-likeness (QED) is 0.0599. The van der Waals surface area contributed by atoms with Crippen LogP contribution in [-0.4, -0.2) is 54.2 Å². The summed E-state index contributed by atoms with van der Waals surface area (Å²) in [5.41, 5.74) is 8.70. The minimum Gasteiger partial charge on any atom is -0.481 e. The predicted octanol–water partition coefficient (Wildman–Crippen LogP) is 8.29. The topological polar surface area (TPSA) is 153 Å². The number of aliphatic carboxylic acids is 1. The number of aryl methyl sites for hydroxylation is 1. The summed E-state index contributed by atoms with van der Waals surface area (Å²) in [5.74, 6) is -0.381. The van der Waals surface area contributed by atoms with Crippen LogP contribution < -0.4 is 5.73 Å². The van der Waals surface area contributed by atoms with Gasteiger partial charge in [0, 0.05) is 24.0 Å². The van der Waals surface area contributed by atoms with Crippen molar-refractivity contribution in [2.45, 2.75) is 165 Å². The summed E-state index contributed by atoms with van der Waals surface area (Å²) in [6.07, 6.45) is 24.8. The highest BCUT2D eigenvalue weighted by atomic mass is 16.4. The Labute approximate surface area is 306 Å². The van der Waals surface area contributed by atoms with E-state index in [4.69, 9.17) is 5.73 Å². The minimum atomic E-state index is -1.02. The molecule has 2 saturated carbocycles. The van der Waals surface area contributed by atoms with E-state index in [1.54, 1.807) is 6.20 Å². The van der Waals surface area contributed by atoms with Crippen molar-refractivity contribution in [1.82, 2.24) is 9.97 Å². The first-order valence-electron chi connectivity index (χ1n) is 20.4. The van der Waals surface area contributed by atoms with Gasteiger partial charge in [0.25, 0.3) is 0 Å². The molecule has 0 radical (unpaired) electrons. The van der Waals surface area contributed by atoms with Crippen molar-refractivity contribution in [2.24, 2.45) is 29.6 Å². The van der Waals surface area contributed by atoms with Crippen LogP contribution in [0.3, 0.4) is 0 Å². The Morgan fingerprint density at radius 3 is 2.51 bits per heavy atom. The third-order valence-corrected chi connectivity index (χ3v) is 13.3. The lowest BCUT2D eigenvalue weighted by atomic mass is 9.67. The number of carboxylic acid groups (broad SMARTS) is 1. The summed E-state index contributed by atoms with van der Waals surface area (Å²) in [7, 11) is 0. The van der Waals surface area contributed by atoms with E-state index < -0.39 is 23.6 Å². The molecule has 3 aliphatic rings. The summed E-state index contributed by atoms with van der Waals surface area (Å²) in [6.45, 7) is 4.36. The molecule has 8 heteroatoms. The molecule has 0 amide bonds. The Morgan fingerprint density at radius 1 is 1.04 bits per heavy atom. The highest BCUT2D eigenvalue weighted by Gasteiger charge is 2.54. The number of H-pyrrole nitrogens is 1. The van der Waals surface area contributed by atoms with Gasteiger partial charge in [-0.2, -0.15) is 0 Å². The molecule has 8 nitrogen and oxygen atoms in total. The number of nitrogen functional groups attached to an aromatic ring is 1. The number of hydrogen-bond donors (Lipinski definition) is 6. The Balaban J connectivity index is 1.18. The van der Waals surface area contributed by atoms with Gasteiger partial charge in [-0.15, -0.1) is 0 Å². The summed E-state index contributed by atoms with van der Waals surface area (Å²) < 4.78 is 0. The molecular formula is C43H67N3O5. The molecule has 0 bridgehead atoms. The van der Waals surface area contributed by atoms with E-state index in [9.17, 15) is 25.2 Å². The van der Waals surface area contributed by atoms with Crippen LogP contribution in [0.25, 0.3) is 0 Å². The number of aromatic amines is 1. The summed E-state index contributed by atoms with van der Waals surface area (Å²) in [4.78, 5) is 20.1. The second-order valence-electron chi connectivity index (χ2n) is 16.7. The van der Waals surface area contributed by atoms with Gasteiger partial charge in [0.2, 0.25) is 0 Å². The first-order valence-corrected chi connectivity index (χ1v) is 20.4. The SMILES string of the molecule is CCCCC[C@@H]1C=C[C@@H](CCCCC[C@H](C(=O)O)[C@H](O)CC[C@]2(O)C[C@H](C3(c4ccnc(N)c4)CCCC3)C[C@H]2Cc2cc(CC)c[nH]2)[C@H](O)C1. The summed E-state index contributed by atoms with van der Waals surface area (Å²) in [6, 6.07) is 6.33. The standard InChI is InChI=1S/C43H67N3O5/c1-3-5-7-12-31-15-16-32(39(48)24-31)13-8-6-9-14-37(41(49)50)38(47)17-21-43(51)28-35(25-34(43)26-36-23-30(4-2)29-46-36)42(19-10-11-20-42)33-18-22-45-40(44)27-33/h15-16,18,22-23,27,29,31-32,34-35,37-39,46-48,51H,3-14,17,19-21,24-26,28H2,1-2H3,(H2,44,45)(H,49,50)/t31-,32-,34+,35-,37+,38-,39-,43+/m1/s1. The molecule has 0 aliphatic heterocycles. The van der Waals surface area contributed by atoms with Crippen LogP contribution in [0.2, 0.25) is 0 Å². The van der Waals surface area contributed by atoms with Gasteiger partial charge in [-0.25, -0.2) is 4.98 Å². The first-order chi connectivity index (χ1) is 24.6. The lowest BCUT2D eigenvalue weighted by Crippen LogP contribution is -2.38. The van der Waals surface area contributed by atoms with Crippen LogP contribution >= 0.6 is 0 Å². The fraction of sp³-hybridized carbons (Fsp3) is 0.721. The van der Waals surface area contributed by atoms with Crippen LogP contribution in [0.1, 0.15) is 146 Å². The fourth-order valence-electron chi connectivity index (χ4n) is 10.2. The Hall–Kier alpha value is -2.68. The maximum atomic E-state index is 12.5. The molecule has 0 aromatic carbocycles. The second kappa shape index (κ2) is 18.4. The zero-order valence-corrected chi connectivity index (χ0v) is 31.4. The number of rotatable bonds is 20. The van der Waals surface area contributed by atoms with Gasteiger partial charge >= 0.3 is 5.97 Å². The number of nitrogens with zero attached hydrogens (tertiary/aromatic N) is 1. The van der Waals surface area contributed by atoms with Crippen LogP contribution in [0.15, 0.2) is 42.7 Å². The summed E-state index contributed by atoms with van der Waals surface area (Å²) >= 11 is 0. The van der Waals surface area contributed by atoms with Gasteiger partial charge in [-0.1, -0.05) is 77.4 Å². The minimum absolute atomic E-state index is 0.00574. The number of aliphatic hydroxyl groups excluding tert-OH is 2. The number of unbranched alkanes of at least 4 members (excludes halogenated alkanes) is 4. The molecule has 0 spiro atoms. The van der Waals surface area contributed by atoms with E-state index in [1.165, 1.54) is 30.4 Å². The zero-order chi connectivity index (χ0) is 36.4. The molecular weight excluding hydrogens is 638 g/mol. The highest BCUT2D eigenvalue weighted by Crippen LogP contribution is 2.57. The molecule has 8 atom stereocenters. The Kier molecular flexibility index (Phi) is 14.2. The number of aliphatic hydroxyl groups is 3. The van der Waals surface area contributed by atoms with E-state index in [1.807, 2.05) is 6.07 Å². The van der Waals surface area contributed by atoms with Gasteiger partial charge in [-0.05, 0) is 130 Å². The molecule has 2 aromatic heterocycles. The normalized spacial score (nSPS) is 28.6. The average molecular weight is 706 g/mol. The number of carbonyl (C=O) groups is 1. The lowest BCUT2D eigenvalue weighted by Gasteiger charge is -2.37. The maximum absolute atomic E-state index is 12.5. The Morgan fingerprint density at radius 2 is 1.82 bits per heavy atom. The molecule has 7 N–H and O–H groups in total. The van der Waals surface area contributed by atoms with Gasteiger partial charge in [0.1, 0.15) is 5.82 Å². The largest absolute Gasteiger partial charge is 0.481 e. The molecule has 3 aliphatic carbocycles. The number of aromatic nitrogens is 2. The van der Waals surface area contributed by atoms with Gasteiger partial charge in [0.15, 0.2) is 0 Å². The lowest BCUT2D eigenvalue weighted by molar-refractivity contribution is -0.146. The van der Waals surface area contributed by atoms with Crippen LogP contribution in [0, 0.1) is 29.6 Å². The molecule has 284 valence electrons. The van der Waals surface area contributed by atoms with Gasteiger partial charge in [-0.3, -0.25) is 4.79 Å². The second-order valence-corrected chi connectivity index (χ2v) is 16.7. The molecule has 51 heavy (non-hydrogen) atoms.